The number of aromatic nitrogens is 3. The van der Waals surface area contributed by atoms with E-state index in [1.807, 2.05) is 30.7 Å². The molecule has 162 valence electrons. The summed E-state index contributed by atoms with van der Waals surface area (Å²) in [5, 5.41) is 15.7. The van der Waals surface area contributed by atoms with Crippen LogP contribution >= 0.6 is 24.0 Å². The van der Waals surface area contributed by atoms with Crippen LogP contribution in [0.15, 0.2) is 29.3 Å². The fraction of sp³-hybridized carbons (Fsp3) is 0.571. The van der Waals surface area contributed by atoms with E-state index in [0.29, 0.717) is 25.3 Å². The van der Waals surface area contributed by atoms with Crippen molar-refractivity contribution in [2.45, 2.75) is 63.4 Å². The molecule has 0 radical (unpaired) electrons. The third kappa shape index (κ3) is 4.27. The first-order valence-corrected chi connectivity index (χ1v) is 10.5. The van der Waals surface area contributed by atoms with Crippen LogP contribution in [0.2, 0.25) is 0 Å². The van der Waals surface area contributed by atoms with E-state index in [9.17, 15) is 0 Å². The Kier molecular flexibility index (Phi) is 6.47. The van der Waals surface area contributed by atoms with E-state index in [1.165, 1.54) is 12.0 Å². The second-order valence-corrected chi connectivity index (χ2v) is 8.12. The van der Waals surface area contributed by atoms with Gasteiger partial charge in [-0.2, -0.15) is 0 Å². The van der Waals surface area contributed by atoms with Gasteiger partial charge in [0.15, 0.2) is 11.8 Å². The van der Waals surface area contributed by atoms with E-state index in [1.54, 1.807) is 0 Å². The fourth-order valence-corrected chi connectivity index (χ4v) is 4.49. The zero-order chi connectivity index (χ0) is 19.8. The molecule has 8 nitrogen and oxygen atoms in total. The molecule has 2 aromatic rings. The highest BCUT2D eigenvalue weighted by atomic mass is 127. The molecule has 4 atom stereocenters. The van der Waals surface area contributed by atoms with Crippen LogP contribution in [-0.4, -0.2) is 45.6 Å². The lowest BCUT2D eigenvalue weighted by Gasteiger charge is -2.30. The lowest BCUT2D eigenvalue weighted by atomic mass is 9.95. The number of ether oxygens (including phenoxy) is 2. The van der Waals surface area contributed by atoms with Gasteiger partial charge in [0.1, 0.15) is 18.1 Å². The second kappa shape index (κ2) is 9.09. The third-order valence-corrected chi connectivity index (χ3v) is 6.26. The summed E-state index contributed by atoms with van der Waals surface area (Å²) in [6.45, 7) is 3.12. The van der Waals surface area contributed by atoms with Crippen LogP contribution in [0.1, 0.15) is 48.9 Å². The molecule has 4 heterocycles. The van der Waals surface area contributed by atoms with Crippen LogP contribution < -0.4 is 15.4 Å². The molecule has 3 aliphatic rings. The van der Waals surface area contributed by atoms with E-state index >= 15 is 0 Å². The van der Waals surface area contributed by atoms with Crippen LogP contribution in [-0.2, 0) is 18.3 Å². The van der Waals surface area contributed by atoms with Crippen LogP contribution in [0.5, 0.6) is 5.75 Å². The summed E-state index contributed by atoms with van der Waals surface area (Å²) in [6.07, 6.45) is 4.91. The molecule has 2 fully saturated rings. The largest absolute Gasteiger partial charge is 0.493 e. The Bertz CT molecular complexity index is 917. The quantitative estimate of drug-likeness (QED) is 0.364. The number of fused-ring (bicyclic) bond motifs is 3. The number of rotatable bonds is 4. The smallest absolute Gasteiger partial charge is 0.192 e. The molecule has 30 heavy (non-hydrogen) atoms. The van der Waals surface area contributed by atoms with Gasteiger partial charge >= 0.3 is 0 Å². The molecule has 2 N–H and O–H groups in total. The number of halogens is 1. The molecule has 2 saturated heterocycles. The van der Waals surface area contributed by atoms with E-state index in [0.717, 1.165) is 42.6 Å². The lowest BCUT2D eigenvalue weighted by molar-refractivity contribution is 0.0991. The topological polar surface area (TPSA) is 85.6 Å². The summed E-state index contributed by atoms with van der Waals surface area (Å²) in [6, 6.07) is 8.68. The molecule has 0 saturated carbocycles. The Morgan fingerprint density at radius 2 is 2.07 bits per heavy atom. The molecule has 1 aromatic heterocycles. The normalized spacial score (nSPS) is 27.2. The molecular weight excluding hydrogens is 495 g/mol. The third-order valence-electron chi connectivity index (χ3n) is 6.26. The minimum absolute atomic E-state index is 0. The standard InChI is InChI=1S/C21H28N6O2.HI/c1-13-25-26-20(27(13)2)12-22-21(24-17-11-14-7-8-19(17)29-14)23-16-9-10-28-18-6-4-3-5-15(16)18;/h3-6,14,16-17,19H,7-12H2,1-2H3,(H2,22,23,24);1H. The first kappa shape index (κ1) is 21.4. The van der Waals surface area contributed by atoms with Crippen molar-refractivity contribution in [1.29, 1.82) is 0 Å². The monoisotopic (exact) mass is 524 g/mol. The van der Waals surface area contributed by atoms with Gasteiger partial charge in [-0.25, -0.2) is 4.99 Å². The predicted molar refractivity (Wildman–Crippen MR) is 124 cm³/mol. The number of para-hydroxylation sites is 1. The van der Waals surface area contributed by atoms with Crippen molar-refractivity contribution < 1.29 is 9.47 Å². The molecule has 5 rings (SSSR count). The number of guanidine groups is 1. The van der Waals surface area contributed by atoms with E-state index in [2.05, 4.69) is 33.0 Å². The average Bonchev–Trinajstić information content (AvgIpc) is 3.44. The van der Waals surface area contributed by atoms with Crippen molar-refractivity contribution in [3.63, 3.8) is 0 Å². The maximum atomic E-state index is 6.03. The van der Waals surface area contributed by atoms with Crippen LogP contribution in [0, 0.1) is 6.92 Å². The Hall–Kier alpha value is -1.88. The summed E-state index contributed by atoms with van der Waals surface area (Å²) in [5.74, 6) is 3.48. The van der Waals surface area contributed by atoms with Crippen molar-refractivity contribution in [2.75, 3.05) is 6.61 Å². The molecule has 1 aromatic carbocycles. The van der Waals surface area contributed by atoms with Gasteiger partial charge in [0.05, 0.1) is 30.9 Å². The highest BCUT2D eigenvalue weighted by molar-refractivity contribution is 14.0. The van der Waals surface area contributed by atoms with Crippen molar-refractivity contribution >= 4 is 29.9 Å². The molecule has 4 unspecified atom stereocenters. The highest BCUT2D eigenvalue weighted by Crippen LogP contribution is 2.35. The first-order valence-electron chi connectivity index (χ1n) is 10.5. The van der Waals surface area contributed by atoms with Crippen LogP contribution in [0.3, 0.4) is 0 Å². The number of hydrogen-bond acceptors (Lipinski definition) is 5. The van der Waals surface area contributed by atoms with Crippen LogP contribution in [0.4, 0.5) is 0 Å². The van der Waals surface area contributed by atoms with Crippen molar-refractivity contribution in [1.82, 2.24) is 25.4 Å². The number of hydrogen-bond donors (Lipinski definition) is 2. The minimum Gasteiger partial charge on any atom is -0.493 e. The Balaban J connectivity index is 0.00000218. The van der Waals surface area contributed by atoms with Crippen molar-refractivity contribution in [3.8, 4) is 5.75 Å². The number of nitrogens with one attached hydrogen (secondary N) is 2. The van der Waals surface area contributed by atoms with Gasteiger partial charge in [0.25, 0.3) is 0 Å². The Morgan fingerprint density at radius 3 is 2.80 bits per heavy atom. The minimum atomic E-state index is 0. The molecule has 0 aliphatic carbocycles. The first-order chi connectivity index (χ1) is 14.2. The lowest BCUT2D eigenvalue weighted by Crippen LogP contribution is -2.49. The number of nitrogens with zero attached hydrogens (tertiary/aromatic N) is 4. The molecule has 2 bridgehead atoms. The van der Waals surface area contributed by atoms with Crippen LogP contribution in [0.25, 0.3) is 0 Å². The van der Waals surface area contributed by atoms with Crippen molar-refractivity contribution in [3.05, 3.63) is 41.5 Å². The van der Waals surface area contributed by atoms with Gasteiger partial charge in [-0.15, -0.1) is 34.2 Å². The fourth-order valence-electron chi connectivity index (χ4n) is 4.49. The second-order valence-electron chi connectivity index (χ2n) is 8.12. The molecular formula is C21H29IN6O2. The maximum Gasteiger partial charge on any atom is 0.192 e. The zero-order valence-electron chi connectivity index (χ0n) is 17.4. The summed E-state index contributed by atoms with van der Waals surface area (Å²) in [5.41, 5.74) is 1.17. The molecule has 3 aliphatic heterocycles. The van der Waals surface area contributed by atoms with Gasteiger partial charge in [0, 0.05) is 19.0 Å². The van der Waals surface area contributed by atoms with E-state index < -0.39 is 0 Å². The van der Waals surface area contributed by atoms with E-state index in [4.69, 9.17) is 14.5 Å². The van der Waals surface area contributed by atoms with Gasteiger partial charge in [-0.05, 0) is 32.3 Å². The van der Waals surface area contributed by atoms with Gasteiger partial charge in [-0.3, -0.25) is 0 Å². The molecule has 0 amide bonds. The van der Waals surface area contributed by atoms with E-state index in [-0.39, 0.29) is 36.1 Å². The predicted octanol–water partition coefficient (Wildman–Crippen LogP) is 2.62. The maximum absolute atomic E-state index is 6.03. The Labute approximate surface area is 193 Å². The number of aryl methyl sites for hydroxylation is 1. The molecule has 9 heteroatoms. The number of aliphatic imine (C=N–C) groups is 1. The summed E-state index contributed by atoms with van der Waals surface area (Å²) in [7, 11) is 1.97. The summed E-state index contributed by atoms with van der Waals surface area (Å²) in [4.78, 5) is 4.86. The molecule has 0 spiro atoms. The van der Waals surface area contributed by atoms with Gasteiger partial charge < -0.3 is 24.7 Å². The van der Waals surface area contributed by atoms with Gasteiger partial charge in [-0.1, -0.05) is 18.2 Å². The number of benzene rings is 1. The summed E-state index contributed by atoms with van der Waals surface area (Å²) >= 11 is 0. The van der Waals surface area contributed by atoms with Crippen molar-refractivity contribution in [2.24, 2.45) is 12.0 Å². The zero-order valence-corrected chi connectivity index (χ0v) is 19.7. The van der Waals surface area contributed by atoms with Gasteiger partial charge in [0.2, 0.25) is 0 Å². The average molecular weight is 524 g/mol. The Morgan fingerprint density at radius 1 is 1.20 bits per heavy atom. The highest BCUT2D eigenvalue weighted by Gasteiger charge is 2.41. The SMILES string of the molecule is Cc1nnc(CN=C(NC2CCOc3ccccc32)NC2CC3CCC2O3)n1C.I. The summed E-state index contributed by atoms with van der Waals surface area (Å²) < 4.78 is 13.8.